The fraction of sp³-hybridized carbons (Fsp3) is 0.111. The first-order valence-electron chi connectivity index (χ1n) is 3.46. The van der Waals surface area contributed by atoms with E-state index in [1.54, 1.807) is 6.21 Å². The normalized spacial score (nSPS) is 13.7. The van der Waals surface area contributed by atoms with Gasteiger partial charge in [-0.15, -0.1) is 0 Å². The van der Waals surface area contributed by atoms with Crippen molar-refractivity contribution in [3.8, 4) is 0 Å². The van der Waals surface area contributed by atoms with Gasteiger partial charge in [-0.25, -0.2) is 4.99 Å². The third-order valence-electron chi connectivity index (χ3n) is 1.76. The molecule has 0 radical (unpaired) electrons. The number of aliphatic imine (C=N–C) groups is 1. The lowest BCUT2D eigenvalue weighted by atomic mass is 10.1. The summed E-state index contributed by atoms with van der Waals surface area (Å²) in [6.07, 6.45) is 1.61. The molecule has 0 fully saturated rings. The van der Waals surface area contributed by atoms with Gasteiger partial charge in [0.1, 0.15) is 0 Å². The van der Waals surface area contributed by atoms with Gasteiger partial charge in [-0.2, -0.15) is 0 Å². The molecule has 0 aliphatic carbocycles. The van der Waals surface area contributed by atoms with E-state index in [0.29, 0.717) is 0 Å². The number of amides is 1. The van der Waals surface area contributed by atoms with Crippen molar-refractivity contribution in [3.05, 3.63) is 34.9 Å². The SMILES string of the molecule is Cc1ccc2c(c1)C(=O)N=C2. The first-order chi connectivity index (χ1) is 5.27. The Hall–Kier alpha value is -1.44. The molecule has 0 spiro atoms. The van der Waals surface area contributed by atoms with Crippen molar-refractivity contribution in [1.29, 1.82) is 0 Å². The molecule has 2 heteroatoms. The predicted molar refractivity (Wildman–Crippen MR) is 43.1 cm³/mol. The summed E-state index contributed by atoms with van der Waals surface area (Å²) in [4.78, 5) is 14.7. The minimum Gasteiger partial charge on any atom is -0.267 e. The highest BCUT2D eigenvalue weighted by molar-refractivity contribution is 6.12. The van der Waals surface area contributed by atoms with Crippen molar-refractivity contribution < 1.29 is 4.79 Å². The zero-order valence-electron chi connectivity index (χ0n) is 6.16. The number of benzene rings is 1. The molecule has 0 aromatic heterocycles. The van der Waals surface area contributed by atoms with E-state index in [1.165, 1.54) is 0 Å². The zero-order chi connectivity index (χ0) is 7.84. The molecule has 0 saturated carbocycles. The van der Waals surface area contributed by atoms with Gasteiger partial charge in [-0.05, 0) is 13.0 Å². The Kier molecular flexibility index (Phi) is 1.15. The third-order valence-corrected chi connectivity index (χ3v) is 1.76. The van der Waals surface area contributed by atoms with Crippen molar-refractivity contribution in [2.45, 2.75) is 6.92 Å². The summed E-state index contributed by atoms with van der Waals surface area (Å²) in [5.41, 5.74) is 2.76. The van der Waals surface area contributed by atoms with Crippen molar-refractivity contribution in [2.24, 2.45) is 4.99 Å². The summed E-state index contributed by atoms with van der Waals surface area (Å²) < 4.78 is 0. The Balaban J connectivity index is 2.67. The number of rotatable bonds is 0. The van der Waals surface area contributed by atoms with Crippen molar-refractivity contribution >= 4 is 12.1 Å². The second-order valence-corrected chi connectivity index (χ2v) is 2.65. The van der Waals surface area contributed by atoms with Crippen LogP contribution < -0.4 is 0 Å². The molecule has 1 aliphatic rings. The average Bonchev–Trinajstić information content (AvgIpc) is 2.33. The van der Waals surface area contributed by atoms with Crippen LogP contribution in [0.4, 0.5) is 0 Å². The average molecular weight is 145 g/mol. The van der Waals surface area contributed by atoms with Crippen molar-refractivity contribution in [1.82, 2.24) is 0 Å². The van der Waals surface area contributed by atoms with Crippen LogP contribution in [0, 0.1) is 6.92 Å². The lowest BCUT2D eigenvalue weighted by Gasteiger charge is -1.95. The maximum absolute atomic E-state index is 11.0. The molecule has 2 nitrogen and oxygen atoms in total. The van der Waals surface area contributed by atoms with Crippen LogP contribution in [0.5, 0.6) is 0 Å². The second kappa shape index (κ2) is 2.02. The standard InChI is InChI=1S/C9H7NO/c1-6-2-3-7-5-10-9(11)8(7)4-6/h2-5H,1H3. The number of hydrogen-bond donors (Lipinski definition) is 0. The predicted octanol–water partition coefficient (Wildman–Crippen LogP) is 1.57. The van der Waals surface area contributed by atoms with E-state index in [0.717, 1.165) is 16.7 Å². The number of fused-ring (bicyclic) bond motifs is 1. The molecule has 0 atom stereocenters. The van der Waals surface area contributed by atoms with Crippen molar-refractivity contribution in [2.75, 3.05) is 0 Å². The molecule has 11 heavy (non-hydrogen) atoms. The molecule has 0 unspecified atom stereocenters. The van der Waals surface area contributed by atoms with E-state index in [9.17, 15) is 4.79 Å². The van der Waals surface area contributed by atoms with Crippen molar-refractivity contribution in [3.63, 3.8) is 0 Å². The van der Waals surface area contributed by atoms with Crippen LogP contribution in [0.3, 0.4) is 0 Å². The van der Waals surface area contributed by atoms with E-state index in [-0.39, 0.29) is 5.91 Å². The number of hydrogen-bond acceptors (Lipinski definition) is 1. The lowest BCUT2D eigenvalue weighted by molar-refractivity contribution is 0.101. The fourth-order valence-electron chi connectivity index (χ4n) is 1.17. The minimum absolute atomic E-state index is 0.122. The van der Waals surface area contributed by atoms with Crippen LogP contribution >= 0.6 is 0 Å². The molecule has 1 amide bonds. The highest BCUT2D eigenvalue weighted by Gasteiger charge is 2.13. The number of carbonyl (C=O) groups is 1. The third kappa shape index (κ3) is 0.871. The Morgan fingerprint density at radius 3 is 3.00 bits per heavy atom. The lowest BCUT2D eigenvalue weighted by Crippen LogP contribution is -1.91. The Morgan fingerprint density at radius 2 is 2.18 bits per heavy atom. The van der Waals surface area contributed by atoms with Gasteiger partial charge < -0.3 is 0 Å². The molecular formula is C9H7NO. The maximum Gasteiger partial charge on any atom is 0.277 e. The van der Waals surface area contributed by atoms with E-state index in [2.05, 4.69) is 4.99 Å². The summed E-state index contributed by atoms with van der Waals surface area (Å²) in [6.45, 7) is 1.96. The molecular weight excluding hydrogens is 138 g/mol. The summed E-state index contributed by atoms with van der Waals surface area (Å²) in [5.74, 6) is -0.122. The van der Waals surface area contributed by atoms with Crippen LogP contribution in [-0.4, -0.2) is 12.1 Å². The molecule has 1 aliphatic heterocycles. The van der Waals surface area contributed by atoms with Crippen LogP contribution in [0.25, 0.3) is 0 Å². The van der Waals surface area contributed by atoms with Gasteiger partial charge in [-0.1, -0.05) is 17.7 Å². The quantitative estimate of drug-likeness (QED) is 0.544. The van der Waals surface area contributed by atoms with Crippen LogP contribution in [0.2, 0.25) is 0 Å². The van der Waals surface area contributed by atoms with Gasteiger partial charge in [0.15, 0.2) is 0 Å². The smallest absolute Gasteiger partial charge is 0.267 e. The van der Waals surface area contributed by atoms with Crippen LogP contribution in [-0.2, 0) is 0 Å². The van der Waals surface area contributed by atoms with Gasteiger partial charge in [0.25, 0.3) is 5.91 Å². The highest BCUT2D eigenvalue weighted by atomic mass is 16.1. The number of nitrogens with zero attached hydrogens (tertiary/aromatic N) is 1. The summed E-state index contributed by atoms with van der Waals surface area (Å²) in [5, 5.41) is 0. The molecule has 1 heterocycles. The fourth-order valence-corrected chi connectivity index (χ4v) is 1.17. The first-order valence-corrected chi connectivity index (χ1v) is 3.46. The van der Waals surface area contributed by atoms with Gasteiger partial charge >= 0.3 is 0 Å². The van der Waals surface area contributed by atoms with Crippen LogP contribution in [0.1, 0.15) is 21.5 Å². The van der Waals surface area contributed by atoms with Gasteiger partial charge in [0.05, 0.1) is 5.56 Å². The van der Waals surface area contributed by atoms with Gasteiger partial charge in [-0.3, -0.25) is 4.79 Å². The molecule has 1 aromatic rings. The molecule has 54 valence electrons. The first kappa shape index (κ1) is 6.28. The largest absolute Gasteiger partial charge is 0.277 e. The Bertz CT molecular complexity index is 353. The van der Waals surface area contributed by atoms with Gasteiger partial charge in [0.2, 0.25) is 0 Å². The summed E-state index contributed by atoms with van der Waals surface area (Å²) >= 11 is 0. The second-order valence-electron chi connectivity index (χ2n) is 2.65. The van der Waals surface area contributed by atoms with Gasteiger partial charge in [0, 0.05) is 11.8 Å². The van der Waals surface area contributed by atoms with E-state index < -0.39 is 0 Å². The monoisotopic (exact) mass is 145 g/mol. The highest BCUT2D eigenvalue weighted by Crippen LogP contribution is 2.15. The number of carbonyl (C=O) groups excluding carboxylic acids is 1. The Labute approximate surface area is 64.6 Å². The molecule has 0 bridgehead atoms. The van der Waals surface area contributed by atoms with Crippen LogP contribution in [0.15, 0.2) is 23.2 Å². The summed E-state index contributed by atoms with van der Waals surface area (Å²) in [7, 11) is 0. The molecule has 2 rings (SSSR count). The zero-order valence-corrected chi connectivity index (χ0v) is 6.16. The molecule has 0 N–H and O–H groups in total. The van der Waals surface area contributed by atoms with E-state index in [1.807, 2.05) is 25.1 Å². The summed E-state index contributed by atoms with van der Waals surface area (Å²) in [6, 6.07) is 5.76. The topological polar surface area (TPSA) is 29.4 Å². The van der Waals surface area contributed by atoms with E-state index >= 15 is 0 Å². The Morgan fingerprint density at radius 1 is 1.36 bits per heavy atom. The molecule has 0 saturated heterocycles. The number of aryl methyl sites for hydroxylation is 1. The maximum atomic E-state index is 11.0. The van der Waals surface area contributed by atoms with E-state index in [4.69, 9.17) is 0 Å². The minimum atomic E-state index is -0.122. The molecule has 1 aromatic carbocycles.